The van der Waals surface area contributed by atoms with E-state index < -0.39 is 0 Å². The molecule has 28 heavy (non-hydrogen) atoms. The first-order valence-corrected chi connectivity index (χ1v) is 9.56. The monoisotopic (exact) mass is 371 g/mol. The number of aromatic nitrogens is 4. The lowest BCUT2D eigenvalue weighted by molar-refractivity contribution is 0.0730. The first-order valence-electron chi connectivity index (χ1n) is 9.56. The molecule has 0 unspecified atom stereocenters. The van der Waals surface area contributed by atoms with Gasteiger partial charge in [-0.2, -0.15) is 5.10 Å². The third-order valence-corrected chi connectivity index (χ3v) is 5.43. The average molecular weight is 371 g/mol. The summed E-state index contributed by atoms with van der Waals surface area (Å²) in [6.07, 6.45) is 3.63. The van der Waals surface area contributed by atoms with Gasteiger partial charge < -0.3 is 9.88 Å². The molecule has 1 fully saturated rings. The van der Waals surface area contributed by atoms with E-state index in [1.807, 2.05) is 41.3 Å². The zero-order valence-corrected chi connectivity index (χ0v) is 15.6. The molecular weight excluding hydrogens is 350 g/mol. The molecule has 1 atom stereocenters. The zero-order valence-electron chi connectivity index (χ0n) is 15.6. The van der Waals surface area contributed by atoms with E-state index in [4.69, 9.17) is 4.98 Å². The van der Waals surface area contributed by atoms with Crippen molar-refractivity contribution < 1.29 is 4.79 Å². The highest BCUT2D eigenvalue weighted by atomic mass is 16.2. The van der Waals surface area contributed by atoms with Crippen LogP contribution in [0.15, 0.2) is 54.7 Å². The second-order valence-corrected chi connectivity index (χ2v) is 7.35. The predicted octanol–water partition coefficient (Wildman–Crippen LogP) is 4.24. The Morgan fingerprint density at radius 2 is 2.00 bits per heavy atom. The molecule has 0 spiro atoms. The van der Waals surface area contributed by atoms with Gasteiger partial charge in [0.25, 0.3) is 5.91 Å². The number of nitrogens with zero attached hydrogens (tertiary/aromatic N) is 3. The van der Waals surface area contributed by atoms with E-state index in [0.29, 0.717) is 5.56 Å². The van der Waals surface area contributed by atoms with Crippen molar-refractivity contribution in [3.63, 3.8) is 0 Å². The van der Waals surface area contributed by atoms with Crippen molar-refractivity contribution in [2.45, 2.75) is 25.8 Å². The number of carbonyl (C=O) groups is 1. The average Bonchev–Trinajstić information content (AvgIpc) is 3.46. The van der Waals surface area contributed by atoms with E-state index in [9.17, 15) is 4.79 Å². The van der Waals surface area contributed by atoms with E-state index >= 15 is 0 Å². The Balaban J connectivity index is 1.41. The molecule has 1 saturated heterocycles. The fraction of sp³-hybridized carbons (Fsp3) is 0.227. The maximum Gasteiger partial charge on any atom is 0.254 e. The molecule has 6 heteroatoms. The molecule has 1 amide bonds. The maximum atomic E-state index is 13.2. The van der Waals surface area contributed by atoms with Crippen LogP contribution in [0.1, 0.15) is 40.6 Å². The lowest BCUT2D eigenvalue weighted by Gasteiger charge is -2.23. The number of hydrogen-bond donors (Lipinski definition) is 2. The van der Waals surface area contributed by atoms with Crippen molar-refractivity contribution in [1.29, 1.82) is 0 Å². The fourth-order valence-corrected chi connectivity index (χ4v) is 3.97. The zero-order chi connectivity index (χ0) is 19.1. The van der Waals surface area contributed by atoms with E-state index in [-0.39, 0.29) is 11.9 Å². The number of nitrogens with one attached hydrogen (secondary N) is 2. The molecule has 6 nitrogen and oxygen atoms in total. The number of likely N-dealkylation sites (tertiary alicyclic amines) is 1. The smallest absolute Gasteiger partial charge is 0.254 e. The van der Waals surface area contributed by atoms with Gasteiger partial charge in [0.15, 0.2) is 0 Å². The van der Waals surface area contributed by atoms with Gasteiger partial charge in [0.2, 0.25) is 0 Å². The number of carbonyl (C=O) groups excluding carboxylic acids is 1. The van der Waals surface area contributed by atoms with Crippen molar-refractivity contribution >= 4 is 16.9 Å². The van der Waals surface area contributed by atoms with Crippen LogP contribution in [0.25, 0.3) is 22.3 Å². The molecule has 0 saturated carbocycles. The summed E-state index contributed by atoms with van der Waals surface area (Å²) in [5, 5.41) is 6.92. The first kappa shape index (κ1) is 16.7. The first-order chi connectivity index (χ1) is 13.7. The van der Waals surface area contributed by atoms with Crippen LogP contribution in [0.4, 0.5) is 0 Å². The van der Waals surface area contributed by atoms with Gasteiger partial charge in [0.05, 0.1) is 22.8 Å². The standard InChI is InChI=1S/C22H21N5O/c1-14-4-9-18-19(13-14)25-21(24-18)20-3-2-12-27(20)22(28)16-7-5-15(6-8-16)17-10-11-23-26-17/h4-11,13,20H,2-3,12H2,1H3,(H,23,26)(H,24,25)/t20-/m0/s1. The summed E-state index contributed by atoms with van der Waals surface area (Å²) in [7, 11) is 0. The number of benzene rings is 2. The Bertz CT molecular complexity index is 1130. The number of imidazole rings is 1. The predicted molar refractivity (Wildman–Crippen MR) is 108 cm³/mol. The Morgan fingerprint density at radius 1 is 1.14 bits per heavy atom. The van der Waals surface area contributed by atoms with Gasteiger partial charge in [0.1, 0.15) is 5.82 Å². The van der Waals surface area contributed by atoms with Crippen LogP contribution in [-0.4, -0.2) is 37.5 Å². The number of aromatic amines is 2. The van der Waals surface area contributed by atoms with Crippen LogP contribution in [0.3, 0.4) is 0 Å². The lowest BCUT2D eigenvalue weighted by Crippen LogP contribution is -2.31. The Morgan fingerprint density at radius 3 is 2.79 bits per heavy atom. The molecule has 2 N–H and O–H groups in total. The van der Waals surface area contributed by atoms with Gasteiger partial charge in [-0.05, 0) is 61.2 Å². The van der Waals surface area contributed by atoms with Crippen LogP contribution in [-0.2, 0) is 0 Å². The number of H-pyrrole nitrogens is 2. The molecule has 0 radical (unpaired) electrons. The summed E-state index contributed by atoms with van der Waals surface area (Å²) >= 11 is 0. The SMILES string of the molecule is Cc1ccc2nc([C@@H]3CCCN3C(=O)c3ccc(-c4ccn[nH]4)cc3)[nH]c2c1. The quantitative estimate of drug-likeness (QED) is 0.565. The Hall–Kier alpha value is -3.41. The number of hydrogen-bond acceptors (Lipinski definition) is 3. The third-order valence-electron chi connectivity index (χ3n) is 5.43. The highest BCUT2D eigenvalue weighted by Gasteiger charge is 2.32. The maximum absolute atomic E-state index is 13.2. The molecule has 2 aromatic carbocycles. The van der Waals surface area contributed by atoms with Crippen LogP contribution >= 0.6 is 0 Å². The highest BCUT2D eigenvalue weighted by Crippen LogP contribution is 2.33. The van der Waals surface area contributed by atoms with Crippen molar-refractivity contribution in [2.24, 2.45) is 0 Å². The number of aryl methyl sites for hydroxylation is 1. The molecule has 1 aliphatic heterocycles. The van der Waals surface area contributed by atoms with Crippen molar-refractivity contribution in [1.82, 2.24) is 25.1 Å². The highest BCUT2D eigenvalue weighted by molar-refractivity contribution is 5.95. The summed E-state index contributed by atoms with van der Waals surface area (Å²) in [5.41, 5.74) is 5.82. The van der Waals surface area contributed by atoms with Crippen LogP contribution in [0.5, 0.6) is 0 Å². The number of fused-ring (bicyclic) bond motifs is 1. The second kappa shape index (κ2) is 6.64. The van der Waals surface area contributed by atoms with E-state index in [1.54, 1.807) is 6.20 Å². The summed E-state index contributed by atoms with van der Waals surface area (Å²) in [6, 6.07) is 15.8. The molecule has 4 aromatic rings. The minimum Gasteiger partial charge on any atom is -0.340 e. The van der Waals surface area contributed by atoms with Gasteiger partial charge >= 0.3 is 0 Å². The number of rotatable bonds is 3. The fourth-order valence-electron chi connectivity index (χ4n) is 3.97. The van der Waals surface area contributed by atoms with E-state index in [2.05, 4.69) is 34.2 Å². The largest absolute Gasteiger partial charge is 0.340 e. The molecule has 5 rings (SSSR count). The molecular formula is C22H21N5O. The summed E-state index contributed by atoms with van der Waals surface area (Å²) in [6.45, 7) is 2.82. The van der Waals surface area contributed by atoms with Crippen LogP contribution in [0.2, 0.25) is 0 Å². The second-order valence-electron chi connectivity index (χ2n) is 7.35. The van der Waals surface area contributed by atoms with E-state index in [1.165, 1.54) is 5.56 Å². The molecule has 0 aliphatic carbocycles. The Kier molecular flexibility index (Phi) is 3.97. The topological polar surface area (TPSA) is 77.7 Å². The number of amides is 1. The van der Waals surface area contributed by atoms with Gasteiger partial charge in [-0.15, -0.1) is 0 Å². The van der Waals surface area contributed by atoms with Crippen molar-refractivity contribution in [2.75, 3.05) is 6.54 Å². The van der Waals surface area contributed by atoms with Gasteiger partial charge in [-0.3, -0.25) is 9.89 Å². The Labute approximate surface area is 162 Å². The van der Waals surface area contributed by atoms with Crippen molar-refractivity contribution in [3.05, 3.63) is 71.7 Å². The lowest BCUT2D eigenvalue weighted by atomic mass is 10.1. The van der Waals surface area contributed by atoms with E-state index in [0.717, 1.165) is 47.5 Å². The third kappa shape index (κ3) is 2.87. The summed E-state index contributed by atoms with van der Waals surface area (Å²) in [4.78, 5) is 23.3. The van der Waals surface area contributed by atoms with Crippen molar-refractivity contribution in [3.8, 4) is 11.3 Å². The van der Waals surface area contributed by atoms with Gasteiger partial charge in [-0.1, -0.05) is 18.2 Å². The normalized spacial score (nSPS) is 16.8. The van der Waals surface area contributed by atoms with Crippen LogP contribution < -0.4 is 0 Å². The summed E-state index contributed by atoms with van der Waals surface area (Å²) in [5.74, 6) is 0.927. The molecule has 2 aromatic heterocycles. The van der Waals surface area contributed by atoms with Gasteiger partial charge in [-0.25, -0.2) is 4.98 Å². The molecule has 0 bridgehead atoms. The molecule has 140 valence electrons. The minimum atomic E-state index is -0.00695. The molecule has 3 heterocycles. The summed E-state index contributed by atoms with van der Waals surface area (Å²) < 4.78 is 0. The van der Waals surface area contributed by atoms with Crippen LogP contribution in [0, 0.1) is 6.92 Å². The molecule has 1 aliphatic rings. The van der Waals surface area contributed by atoms with Gasteiger partial charge in [0, 0.05) is 18.3 Å². The minimum absolute atomic E-state index is 0.00695.